The van der Waals surface area contributed by atoms with Crippen molar-refractivity contribution in [1.82, 2.24) is 0 Å². The Kier molecular flexibility index (Phi) is 3.23. The Hall–Kier alpha value is 1.95. The molecule has 0 aliphatic carbocycles. The van der Waals surface area contributed by atoms with Gasteiger partial charge in [-0.1, -0.05) is 0 Å². The number of hydrogen-bond acceptors (Lipinski definition) is 2. The molecule has 1 saturated heterocycles. The first-order chi connectivity index (χ1) is 3.30. The van der Waals surface area contributed by atoms with E-state index in [0.29, 0.717) is 29.8 Å². The minimum absolute atomic E-state index is 0.692. The van der Waals surface area contributed by atoms with E-state index in [2.05, 4.69) is 26.6 Å². The minimum atomic E-state index is 0.692. The first-order valence-electron chi connectivity index (χ1n) is 2.20. The van der Waals surface area contributed by atoms with Crippen molar-refractivity contribution in [1.29, 1.82) is 0 Å². The Morgan fingerprint density at radius 3 is 1.71 bits per heavy atom. The zero-order valence-corrected chi connectivity index (χ0v) is 7.75. The van der Waals surface area contributed by atoms with E-state index in [0.717, 1.165) is 10.5 Å². The van der Waals surface area contributed by atoms with Crippen molar-refractivity contribution in [2.24, 2.45) is 0 Å². The maximum atomic E-state index is 2.32. The van der Waals surface area contributed by atoms with E-state index in [4.69, 9.17) is 0 Å². The molecule has 0 saturated carbocycles. The molecular weight excluding hydrogens is 279 g/mol. The van der Waals surface area contributed by atoms with Crippen molar-refractivity contribution in [3.05, 3.63) is 0 Å². The Bertz CT molecular complexity index is 58.7. The molecule has 2 unspecified atom stereocenters. The fourth-order valence-corrected chi connectivity index (χ4v) is 10.8. The van der Waals surface area contributed by atoms with E-state index in [1.807, 2.05) is 0 Å². The summed E-state index contributed by atoms with van der Waals surface area (Å²) in [6.07, 6.45) is 4.30. The second kappa shape index (κ2) is 3.20. The van der Waals surface area contributed by atoms with Gasteiger partial charge >= 0.3 is 66.9 Å². The molecule has 3 heteroatoms. The molecule has 0 N–H and O–H groups in total. The summed E-state index contributed by atoms with van der Waals surface area (Å²) in [5, 5.41) is 1.86. The topological polar surface area (TPSA) is 0 Å². The van der Waals surface area contributed by atoms with Gasteiger partial charge in [0.2, 0.25) is 0 Å². The van der Waals surface area contributed by atoms with Gasteiger partial charge in [-0.15, -0.1) is 0 Å². The molecule has 0 aromatic rings. The first-order valence-corrected chi connectivity index (χ1v) is 8.15. The molecule has 1 heterocycles. The van der Waals surface area contributed by atoms with Crippen molar-refractivity contribution in [3.8, 4) is 0 Å². The van der Waals surface area contributed by atoms with Gasteiger partial charge in [-0.25, -0.2) is 0 Å². The van der Waals surface area contributed by atoms with E-state index in [1.54, 1.807) is 0 Å². The van der Waals surface area contributed by atoms with Gasteiger partial charge in [0, 0.05) is 0 Å². The molecule has 0 nitrogen and oxygen atoms in total. The molecule has 0 spiro atoms. The van der Waals surface area contributed by atoms with Crippen LogP contribution >= 0.6 is 12.8 Å². The van der Waals surface area contributed by atoms with E-state index in [9.17, 15) is 0 Å². The number of rotatable bonds is 0. The Labute approximate surface area is 65.8 Å². The predicted octanol–water partition coefficient (Wildman–Crippen LogP) is 2.16. The summed E-state index contributed by atoms with van der Waals surface area (Å²) in [7, 11) is 0. The van der Waals surface area contributed by atoms with Gasteiger partial charge in [-0.3, -0.25) is 0 Å². The van der Waals surface area contributed by atoms with Crippen LogP contribution in [0.15, 0.2) is 0 Å². The van der Waals surface area contributed by atoms with E-state index in [-0.39, 0.29) is 0 Å². The normalized spacial score (nSPS) is 43.1. The molecule has 0 radical (unpaired) electrons. The summed E-state index contributed by atoms with van der Waals surface area (Å²) < 4.78 is 0. The van der Waals surface area contributed by atoms with Crippen LogP contribution in [0.3, 0.4) is 0 Å². The zero-order chi connectivity index (χ0) is 5.28. The van der Waals surface area contributed by atoms with E-state index < -0.39 is 0 Å². The summed E-state index contributed by atoms with van der Waals surface area (Å²) in [5.74, 6) is 0. The van der Waals surface area contributed by atoms with Gasteiger partial charge in [0.15, 0.2) is 0 Å². The van der Waals surface area contributed by atoms with Crippen molar-refractivity contribution in [2.75, 3.05) is 0 Å². The quantitative estimate of drug-likeness (QED) is 0.670. The molecule has 7 heavy (non-hydrogen) atoms. The van der Waals surface area contributed by atoms with Gasteiger partial charge in [0.25, 0.3) is 0 Å². The van der Waals surface area contributed by atoms with Crippen LogP contribution in [0.2, 0.25) is 0 Å². The third-order valence-electron chi connectivity index (χ3n) is 0.931. The second-order valence-corrected chi connectivity index (χ2v) is 9.14. The van der Waals surface area contributed by atoms with Crippen LogP contribution in [-0.2, 0) is 0 Å². The van der Waals surface area contributed by atoms with Gasteiger partial charge < -0.3 is 0 Å². The van der Waals surface area contributed by atoms with E-state index in [1.165, 1.54) is 0 Å². The van der Waals surface area contributed by atoms with Crippen molar-refractivity contribution in [3.63, 3.8) is 0 Å². The predicted molar refractivity (Wildman–Crippen MR) is 34.1 cm³/mol. The van der Waals surface area contributed by atoms with Gasteiger partial charge in [-0.05, 0) is 0 Å². The SMILES string of the molecule is CC1[S][Er][S]C1C. The Morgan fingerprint density at radius 1 is 1.14 bits per heavy atom. The van der Waals surface area contributed by atoms with Gasteiger partial charge in [0.05, 0.1) is 0 Å². The summed E-state index contributed by atoms with van der Waals surface area (Å²) in [6.45, 7) is 4.64. The summed E-state index contributed by atoms with van der Waals surface area (Å²) in [4.78, 5) is 0. The molecule has 1 aliphatic rings. The van der Waals surface area contributed by atoms with Crippen LogP contribution in [0.5, 0.6) is 0 Å². The molecule has 1 aliphatic heterocycles. The fourth-order valence-electron chi connectivity index (χ4n) is 0.214. The van der Waals surface area contributed by atoms with Crippen molar-refractivity contribution >= 4 is 12.8 Å². The van der Waals surface area contributed by atoms with Gasteiger partial charge in [0.1, 0.15) is 0 Å². The van der Waals surface area contributed by atoms with Crippen LogP contribution in [0.25, 0.3) is 0 Å². The average molecular weight is 288 g/mol. The van der Waals surface area contributed by atoms with Crippen LogP contribution in [0.4, 0.5) is 0 Å². The molecule has 48 valence electrons. The van der Waals surface area contributed by atoms with E-state index >= 15 is 0 Å². The molecule has 1 rings (SSSR count). The zero-order valence-electron chi connectivity index (χ0n) is 4.26. The van der Waals surface area contributed by atoms with Crippen LogP contribution in [-0.4, -0.2) is 10.5 Å². The van der Waals surface area contributed by atoms with Crippen LogP contribution in [0.1, 0.15) is 13.8 Å². The third-order valence-corrected chi connectivity index (χ3v) is 10.1. The molecule has 2 atom stereocenters. The molecule has 1 fully saturated rings. The van der Waals surface area contributed by atoms with Crippen LogP contribution < -0.4 is 0 Å². The summed E-state index contributed by atoms with van der Waals surface area (Å²) in [5.41, 5.74) is 0. The van der Waals surface area contributed by atoms with Crippen LogP contribution in [0, 0.1) is 29.8 Å². The van der Waals surface area contributed by atoms with Crippen molar-refractivity contribution < 1.29 is 29.8 Å². The molecule has 0 aromatic carbocycles. The average Bonchev–Trinajstić information content (AvgIpc) is 1.91. The first kappa shape index (κ1) is 7.06. The Morgan fingerprint density at radius 2 is 1.57 bits per heavy atom. The molecule has 0 bridgehead atoms. The standard InChI is InChI=1S/C4H10S2.Er/c1-3(5)4(2)6;/h3-6H,1-2H3;/q;+2/p-2. The van der Waals surface area contributed by atoms with Crippen molar-refractivity contribution in [2.45, 2.75) is 24.3 Å². The molecule has 0 aromatic heterocycles. The fraction of sp³-hybridized carbons (Fsp3) is 1.00. The molecule has 0 amide bonds. The summed E-state index contributed by atoms with van der Waals surface area (Å²) >= 11 is 0.692. The second-order valence-electron chi connectivity index (χ2n) is 1.59. The monoisotopic (exact) mass is 286 g/mol. The Balaban J connectivity index is 2.33. The number of hydrogen-bond donors (Lipinski definition) is 0. The maximum absolute atomic E-state index is 2.32. The molecular formula is C4H8ErS2. The summed E-state index contributed by atoms with van der Waals surface area (Å²) in [6, 6.07) is 0. The third kappa shape index (κ3) is 1.97. The van der Waals surface area contributed by atoms with Gasteiger partial charge in [-0.2, -0.15) is 0 Å².